The molecule has 0 spiro atoms. The van der Waals surface area contributed by atoms with Crippen molar-refractivity contribution in [2.45, 2.75) is 96.2 Å². The first-order valence-corrected chi connectivity index (χ1v) is 12.7. The Balaban J connectivity index is 1.65. The summed E-state index contributed by atoms with van der Waals surface area (Å²) in [5.41, 5.74) is 3.91. The van der Waals surface area contributed by atoms with Gasteiger partial charge in [0.15, 0.2) is 5.82 Å². The standard InChI is InChI=1S/C26H36N6O/c1-17-14-18(2)23-19(15-17)16-22(26(33)27-23)24(31(3)20-10-6-4-7-11-20)25-28-29-30-32(25)21-12-8-5-9-13-21/h14-16,20-21,24H,4-13H2,1-3H3,(H,27,33)/t24-/m0/s1. The number of rotatable bonds is 5. The molecular formula is C26H36N6O. The normalized spacial score (nSPS) is 19.4. The molecule has 0 unspecified atom stereocenters. The average molecular weight is 449 g/mol. The van der Waals surface area contributed by atoms with Crippen LogP contribution < -0.4 is 5.56 Å². The summed E-state index contributed by atoms with van der Waals surface area (Å²) in [6, 6.07) is 6.83. The van der Waals surface area contributed by atoms with E-state index in [1.807, 2.05) is 4.68 Å². The van der Waals surface area contributed by atoms with Crippen LogP contribution in [-0.4, -0.2) is 43.2 Å². The van der Waals surface area contributed by atoms with E-state index in [1.165, 1.54) is 44.1 Å². The maximum Gasteiger partial charge on any atom is 0.253 e. The number of hydrogen-bond donors (Lipinski definition) is 1. The van der Waals surface area contributed by atoms with Crippen LogP contribution in [0.1, 0.15) is 98.8 Å². The van der Waals surface area contributed by atoms with Crippen LogP contribution in [0.25, 0.3) is 10.9 Å². The summed E-state index contributed by atoms with van der Waals surface area (Å²) in [7, 11) is 2.16. The van der Waals surface area contributed by atoms with Gasteiger partial charge in [-0.2, -0.15) is 0 Å². The first-order chi connectivity index (χ1) is 16.0. The summed E-state index contributed by atoms with van der Waals surface area (Å²) < 4.78 is 2.04. The lowest BCUT2D eigenvalue weighted by molar-refractivity contribution is 0.145. The molecule has 7 nitrogen and oxygen atoms in total. The molecule has 1 aromatic carbocycles. The van der Waals surface area contributed by atoms with Crippen LogP contribution in [0.5, 0.6) is 0 Å². The van der Waals surface area contributed by atoms with Gasteiger partial charge in [0.25, 0.3) is 5.56 Å². The number of hydrogen-bond acceptors (Lipinski definition) is 5. The molecule has 0 saturated heterocycles. The van der Waals surface area contributed by atoms with Crippen molar-refractivity contribution in [2.75, 3.05) is 7.05 Å². The van der Waals surface area contributed by atoms with E-state index in [4.69, 9.17) is 0 Å². The SMILES string of the molecule is Cc1cc(C)c2[nH]c(=O)c([C@@H](c3nnnn3C3CCCCC3)N(C)C3CCCCC3)cc2c1. The monoisotopic (exact) mass is 448 g/mol. The molecule has 176 valence electrons. The molecule has 33 heavy (non-hydrogen) atoms. The van der Waals surface area contributed by atoms with E-state index in [9.17, 15) is 4.79 Å². The summed E-state index contributed by atoms with van der Waals surface area (Å²) in [5, 5.41) is 14.2. The topological polar surface area (TPSA) is 79.7 Å². The molecule has 7 heteroatoms. The lowest BCUT2D eigenvalue weighted by Crippen LogP contribution is -2.40. The Morgan fingerprint density at radius 3 is 2.42 bits per heavy atom. The highest BCUT2D eigenvalue weighted by Crippen LogP contribution is 2.35. The fourth-order valence-electron chi connectivity index (χ4n) is 6.11. The lowest BCUT2D eigenvalue weighted by atomic mass is 9.91. The van der Waals surface area contributed by atoms with Crippen molar-refractivity contribution in [3.63, 3.8) is 0 Å². The first kappa shape index (κ1) is 22.3. The van der Waals surface area contributed by atoms with Gasteiger partial charge >= 0.3 is 0 Å². The molecular weight excluding hydrogens is 412 g/mol. The van der Waals surface area contributed by atoms with Crippen molar-refractivity contribution in [1.82, 2.24) is 30.1 Å². The van der Waals surface area contributed by atoms with Crippen LogP contribution in [0, 0.1) is 13.8 Å². The molecule has 3 aromatic rings. The molecule has 0 aliphatic heterocycles. The van der Waals surface area contributed by atoms with Gasteiger partial charge in [0.2, 0.25) is 0 Å². The summed E-state index contributed by atoms with van der Waals surface area (Å²) >= 11 is 0. The third-order valence-electron chi connectivity index (χ3n) is 7.86. The number of aromatic nitrogens is 5. The molecule has 2 saturated carbocycles. The summed E-state index contributed by atoms with van der Waals surface area (Å²) in [5.74, 6) is 0.809. The number of pyridine rings is 1. The fourth-order valence-corrected chi connectivity index (χ4v) is 6.11. The van der Waals surface area contributed by atoms with Gasteiger partial charge in [0.1, 0.15) is 6.04 Å². The smallest absolute Gasteiger partial charge is 0.253 e. The summed E-state index contributed by atoms with van der Waals surface area (Å²) in [4.78, 5) is 19.1. The van der Waals surface area contributed by atoms with Crippen molar-refractivity contribution in [2.24, 2.45) is 0 Å². The molecule has 1 atom stereocenters. The molecule has 0 bridgehead atoms. The van der Waals surface area contributed by atoms with Gasteiger partial charge in [-0.1, -0.05) is 50.2 Å². The van der Waals surface area contributed by atoms with Crippen LogP contribution in [-0.2, 0) is 0 Å². The number of aryl methyl sites for hydroxylation is 2. The van der Waals surface area contributed by atoms with Crippen molar-refractivity contribution in [1.29, 1.82) is 0 Å². The number of tetrazole rings is 1. The minimum atomic E-state index is -0.265. The van der Waals surface area contributed by atoms with Crippen molar-refractivity contribution in [3.8, 4) is 0 Å². The van der Waals surface area contributed by atoms with Gasteiger partial charge in [0.05, 0.1) is 11.6 Å². The molecule has 5 rings (SSSR count). The average Bonchev–Trinajstić information content (AvgIpc) is 3.31. The van der Waals surface area contributed by atoms with Crippen LogP contribution in [0.15, 0.2) is 23.0 Å². The number of nitrogens with one attached hydrogen (secondary N) is 1. The zero-order valence-electron chi connectivity index (χ0n) is 20.2. The molecule has 1 N–H and O–H groups in total. The highest BCUT2D eigenvalue weighted by molar-refractivity contribution is 5.83. The molecule has 2 heterocycles. The highest BCUT2D eigenvalue weighted by Gasteiger charge is 2.34. The molecule has 2 aliphatic carbocycles. The van der Waals surface area contributed by atoms with E-state index in [0.717, 1.165) is 53.5 Å². The zero-order valence-corrected chi connectivity index (χ0v) is 20.2. The maximum atomic E-state index is 13.5. The molecule has 2 aliphatic rings. The number of H-pyrrole nitrogens is 1. The Bertz CT molecular complexity index is 1170. The predicted octanol–water partition coefficient (Wildman–Crippen LogP) is 4.99. The van der Waals surface area contributed by atoms with Gasteiger partial charge < -0.3 is 4.98 Å². The number of benzene rings is 1. The van der Waals surface area contributed by atoms with E-state index >= 15 is 0 Å². The number of aromatic amines is 1. The van der Waals surface area contributed by atoms with Gasteiger partial charge in [-0.15, -0.1) is 5.10 Å². The Kier molecular flexibility index (Phi) is 6.32. The van der Waals surface area contributed by atoms with Crippen molar-refractivity contribution >= 4 is 10.9 Å². The van der Waals surface area contributed by atoms with E-state index in [-0.39, 0.29) is 11.6 Å². The minimum absolute atomic E-state index is 0.0414. The third kappa shape index (κ3) is 4.35. The van der Waals surface area contributed by atoms with Gasteiger partial charge in [0, 0.05) is 11.6 Å². The summed E-state index contributed by atoms with van der Waals surface area (Å²) in [6.07, 6.45) is 12.0. The number of nitrogens with zero attached hydrogens (tertiary/aromatic N) is 5. The molecule has 2 fully saturated rings. The third-order valence-corrected chi connectivity index (χ3v) is 7.86. The summed E-state index contributed by atoms with van der Waals surface area (Å²) in [6.45, 7) is 4.16. The second-order valence-electron chi connectivity index (χ2n) is 10.2. The largest absolute Gasteiger partial charge is 0.321 e. The predicted molar refractivity (Wildman–Crippen MR) is 130 cm³/mol. The van der Waals surface area contributed by atoms with E-state index in [2.05, 4.69) is 64.5 Å². The second kappa shape index (κ2) is 9.37. The Labute approximate surface area is 195 Å². The Morgan fingerprint density at radius 1 is 1.00 bits per heavy atom. The maximum absolute atomic E-state index is 13.5. The van der Waals surface area contributed by atoms with Crippen LogP contribution in [0.4, 0.5) is 0 Å². The Morgan fingerprint density at radius 2 is 1.70 bits per heavy atom. The second-order valence-corrected chi connectivity index (χ2v) is 10.2. The van der Waals surface area contributed by atoms with Crippen molar-refractivity contribution < 1.29 is 0 Å². The highest BCUT2D eigenvalue weighted by atomic mass is 16.1. The van der Waals surface area contributed by atoms with Gasteiger partial charge in [-0.3, -0.25) is 9.69 Å². The number of fused-ring (bicyclic) bond motifs is 1. The molecule has 2 aromatic heterocycles. The van der Waals surface area contributed by atoms with Crippen molar-refractivity contribution in [3.05, 3.63) is 51.1 Å². The molecule has 0 amide bonds. The van der Waals surface area contributed by atoms with E-state index < -0.39 is 0 Å². The fraction of sp³-hybridized carbons (Fsp3) is 0.615. The quantitative estimate of drug-likeness (QED) is 0.595. The molecule has 0 radical (unpaired) electrons. The zero-order chi connectivity index (χ0) is 22.9. The van der Waals surface area contributed by atoms with Gasteiger partial charge in [-0.05, 0) is 80.1 Å². The van der Waals surface area contributed by atoms with E-state index in [1.54, 1.807) is 0 Å². The lowest BCUT2D eigenvalue weighted by Gasteiger charge is -2.37. The first-order valence-electron chi connectivity index (χ1n) is 12.7. The van der Waals surface area contributed by atoms with E-state index in [0.29, 0.717) is 12.1 Å². The van der Waals surface area contributed by atoms with Crippen LogP contribution in [0.2, 0.25) is 0 Å². The Hall–Kier alpha value is -2.54. The van der Waals surface area contributed by atoms with Crippen LogP contribution >= 0.6 is 0 Å². The minimum Gasteiger partial charge on any atom is -0.321 e. The van der Waals surface area contributed by atoms with Gasteiger partial charge in [-0.25, -0.2) is 4.68 Å². The van der Waals surface area contributed by atoms with Crippen LogP contribution in [0.3, 0.4) is 0 Å².